The third-order valence-corrected chi connectivity index (χ3v) is 2.34. The summed E-state index contributed by atoms with van der Waals surface area (Å²) in [7, 11) is 1.58. The molecule has 104 valence electrons. The zero-order valence-electron chi connectivity index (χ0n) is 11.6. The number of halogens is 1. The van der Waals surface area contributed by atoms with Crippen LogP contribution in [-0.4, -0.2) is 28.7 Å². The summed E-state index contributed by atoms with van der Waals surface area (Å²) in [5, 5.41) is 0.0817. The van der Waals surface area contributed by atoms with E-state index in [0.717, 1.165) is 5.56 Å². The molecule has 0 spiro atoms. The topological polar surface area (TPSA) is 55.3 Å². The van der Waals surface area contributed by atoms with Crippen molar-refractivity contribution in [2.75, 3.05) is 11.9 Å². The molecule has 0 bridgehead atoms. The average Bonchev–Trinajstić information content (AvgIpc) is 2.28. The van der Waals surface area contributed by atoms with Gasteiger partial charge in [-0.15, -0.1) is 6.58 Å². The van der Waals surface area contributed by atoms with Crippen LogP contribution in [0.15, 0.2) is 18.9 Å². The smallest absolute Gasteiger partial charge is 0.415 e. The molecule has 0 aliphatic carbocycles. The molecule has 0 aliphatic heterocycles. The van der Waals surface area contributed by atoms with Gasteiger partial charge in [-0.3, -0.25) is 4.90 Å². The third-order valence-electron chi connectivity index (χ3n) is 2.16. The largest absolute Gasteiger partial charge is 0.443 e. The maximum atomic E-state index is 12.0. The van der Waals surface area contributed by atoms with Crippen LogP contribution in [0.4, 0.5) is 10.6 Å². The first-order valence-corrected chi connectivity index (χ1v) is 6.21. The van der Waals surface area contributed by atoms with Gasteiger partial charge in [-0.2, -0.15) is 4.98 Å². The van der Waals surface area contributed by atoms with E-state index in [1.165, 1.54) is 4.90 Å². The Balaban J connectivity index is 3.03. The van der Waals surface area contributed by atoms with Crippen molar-refractivity contribution in [2.24, 2.45) is 0 Å². The number of hydrogen-bond acceptors (Lipinski definition) is 4. The van der Waals surface area contributed by atoms with Gasteiger partial charge in [0.2, 0.25) is 5.28 Å². The van der Waals surface area contributed by atoms with Gasteiger partial charge in [-0.05, 0) is 38.8 Å². The van der Waals surface area contributed by atoms with E-state index in [1.54, 1.807) is 40.1 Å². The predicted octanol–water partition coefficient (Wildman–Crippen LogP) is 3.23. The van der Waals surface area contributed by atoms with Crippen LogP contribution < -0.4 is 4.90 Å². The van der Waals surface area contributed by atoms with Crippen LogP contribution in [0.2, 0.25) is 5.28 Å². The zero-order chi connectivity index (χ0) is 14.6. The second kappa shape index (κ2) is 6.02. The number of ether oxygens (including phenoxy) is 1. The third kappa shape index (κ3) is 4.52. The lowest BCUT2D eigenvalue weighted by atomic mass is 10.2. The minimum absolute atomic E-state index is 0.0817. The summed E-state index contributed by atoms with van der Waals surface area (Å²) in [6.45, 7) is 9.07. The molecule has 1 aromatic heterocycles. The first-order chi connectivity index (χ1) is 8.74. The van der Waals surface area contributed by atoms with E-state index >= 15 is 0 Å². The van der Waals surface area contributed by atoms with Crippen LogP contribution in [0.1, 0.15) is 26.3 Å². The Bertz CT molecular complexity index is 483. The lowest BCUT2D eigenvalue weighted by Crippen LogP contribution is -2.35. The van der Waals surface area contributed by atoms with Crippen molar-refractivity contribution >= 4 is 23.5 Å². The molecule has 1 aromatic rings. The number of aromatic nitrogens is 2. The highest BCUT2D eigenvalue weighted by Crippen LogP contribution is 2.21. The highest BCUT2D eigenvalue weighted by molar-refractivity contribution is 6.28. The fourth-order valence-electron chi connectivity index (χ4n) is 1.38. The van der Waals surface area contributed by atoms with Gasteiger partial charge >= 0.3 is 6.09 Å². The first-order valence-electron chi connectivity index (χ1n) is 5.83. The molecule has 1 amide bonds. The van der Waals surface area contributed by atoms with Crippen molar-refractivity contribution in [3.8, 4) is 0 Å². The Labute approximate surface area is 118 Å². The minimum Gasteiger partial charge on any atom is -0.443 e. The molecule has 0 saturated heterocycles. The number of anilines is 1. The quantitative estimate of drug-likeness (QED) is 0.631. The number of rotatable bonds is 3. The van der Waals surface area contributed by atoms with Gasteiger partial charge in [0.25, 0.3) is 0 Å². The van der Waals surface area contributed by atoms with E-state index in [4.69, 9.17) is 16.3 Å². The average molecular weight is 284 g/mol. The molecule has 0 saturated carbocycles. The number of nitrogens with zero attached hydrogens (tertiary/aromatic N) is 3. The van der Waals surface area contributed by atoms with Gasteiger partial charge < -0.3 is 4.74 Å². The molecule has 0 N–H and O–H groups in total. The first kappa shape index (κ1) is 15.4. The monoisotopic (exact) mass is 283 g/mol. The molecule has 0 aromatic carbocycles. The summed E-state index contributed by atoms with van der Waals surface area (Å²) >= 11 is 5.77. The van der Waals surface area contributed by atoms with E-state index in [2.05, 4.69) is 16.5 Å². The fraction of sp³-hybridized carbons (Fsp3) is 0.462. The summed E-state index contributed by atoms with van der Waals surface area (Å²) < 4.78 is 5.28. The van der Waals surface area contributed by atoms with Crippen LogP contribution in [0, 0.1) is 0 Å². The number of allylic oxidation sites excluding steroid dienone is 1. The van der Waals surface area contributed by atoms with Gasteiger partial charge in [-0.1, -0.05) is 6.08 Å². The standard InChI is InChI=1S/C13H18ClN3O2/c1-6-7-9-8-15-11(14)16-10(9)17(5)12(18)19-13(2,3)4/h6,8H,1,7H2,2-5H3. The second-order valence-electron chi connectivity index (χ2n) is 5.02. The highest BCUT2D eigenvalue weighted by Gasteiger charge is 2.23. The zero-order valence-corrected chi connectivity index (χ0v) is 12.4. The van der Waals surface area contributed by atoms with E-state index < -0.39 is 11.7 Å². The number of carbonyl (C=O) groups excluding carboxylic acids is 1. The Morgan fingerprint density at radius 1 is 1.58 bits per heavy atom. The van der Waals surface area contributed by atoms with Crippen molar-refractivity contribution in [3.63, 3.8) is 0 Å². The molecular weight excluding hydrogens is 266 g/mol. The molecule has 1 rings (SSSR count). The molecule has 0 unspecified atom stereocenters. The fourth-order valence-corrected chi connectivity index (χ4v) is 1.51. The molecule has 19 heavy (non-hydrogen) atoms. The summed E-state index contributed by atoms with van der Waals surface area (Å²) in [4.78, 5) is 21.3. The van der Waals surface area contributed by atoms with Crippen LogP contribution in [0.5, 0.6) is 0 Å². The maximum Gasteiger partial charge on any atom is 0.415 e. The predicted molar refractivity (Wildman–Crippen MR) is 75.6 cm³/mol. The van der Waals surface area contributed by atoms with Gasteiger partial charge in [0.15, 0.2) is 0 Å². The van der Waals surface area contributed by atoms with E-state index in [9.17, 15) is 4.79 Å². The lowest BCUT2D eigenvalue weighted by molar-refractivity contribution is 0.0588. The molecular formula is C13H18ClN3O2. The van der Waals surface area contributed by atoms with Crippen molar-refractivity contribution < 1.29 is 9.53 Å². The molecule has 5 nitrogen and oxygen atoms in total. The van der Waals surface area contributed by atoms with E-state index in [0.29, 0.717) is 12.2 Å². The van der Waals surface area contributed by atoms with Crippen LogP contribution in [-0.2, 0) is 11.2 Å². The van der Waals surface area contributed by atoms with E-state index in [-0.39, 0.29) is 5.28 Å². The highest BCUT2D eigenvalue weighted by atomic mass is 35.5. The molecule has 0 aliphatic rings. The van der Waals surface area contributed by atoms with Crippen LogP contribution in [0.25, 0.3) is 0 Å². The summed E-state index contributed by atoms with van der Waals surface area (Å²) in [6.07, 6.45) is 3.33. The number of hydrogen-bond donors (Lipinski definition) is 0. The molecule has 0 atom stereocenters. The molecule has 0 fully saturated rings. The Kier molecular flexibility index (Phi) is 4.89. The molecule has 1 heterocycles. The lowest BCUT2D eigenvalue weighted by Gasteiger charge is -2.25. The Hall–Kier alpha value is -1.62. The van der Waals surface area contributed by atoms with Crippen molar-refractivity contribution in [3.05, 3.63) is 29.7 Å². The van der Waals surface area contributed by atoms with Gasteiger partial charge in [0, 0.05) is 18.8 Å². The number of amides is 1. The SMILES string of the molecule is C=CCc1cnc(Cl)nc1N(C)C(=O)OC(C)(C)C. The maximum absolute atomic E-state index is 12.0. The van der Waals surface area contributed by atoms with Gasteiger partial charge in [0.1, 0.15) is 11.4 Å². The number of carbonyl (C=O) groups is 1. The Morgan fingerprint density at radius 3 is 2.74 bits per heavy atom. The molecule has 6 heteroatoms. The van der Waals surface area contributed by atoms with Crippen molar-refractivity contribution in [1.29, 1.82) is 0 Å². The van der Waals surface area contributed by atoms with Gasteiger partial charge in [-0.25, -0.2) is 9.78 Å². The summed E-state index contributed by atoms with van der Waals surface area (Å²) in [6, 6.07) is 0. The van der Waals surface area contributed by atoms with Crippen molar-refractivity contribution in [2.45, 2.75) is 32.8 Å². The van der Waals surface area contributed by atoms with Crippen molar-refractivity contribution in [1.82, 2.24) is 9.97 Å². The minimum atomic E-state index is -0.569. The Morgan fingerprint density at radius 2 is 2.21 bits per heavy atom. The summed E-state index contributed by atoms with van der Waals surface area (Å²) in [5.74, 6) is 0.425. The van der Waals surface area contributed by atoms with Gasteiger partial charge in [0.05, 0.1) is 0 Å². The van der Waals surface area contributed by atoms with Crippen LogP contribution >= 0.6 is 11.6 Å². The van der Waals surface area contributed by atoms with E-state index in [1.807, 2.05) is 0 Å². The normalized spacial score (nSPS) is 11.0. The second-order valence-corrected chi connectivity index (χ2v) is 5.36. The van der Waals surface area contributed by atoms with Crippen LogP contribution in [0.3, 0.4) is 0 Å². The molecule has 0 radical (unpaired) electrons. The summed E-state index contributed by atoms with van der Waals surface area (Å²) in [5.41, 5.74) is 0.189.